The Hall–Kier alpha value is -1.37. The molecule has 0 bridgehead atoms. The molecule has 1 aromatic heterocycles. The van der Waals surface area contributed by atoms with Crippen molar-refractivity contribution in [3.05, 3.63) is 23.7 Å². The Kier molecular flexibility index (Phi) is 5.35. The average Bonchev–Trinajstić information content (AvgIpc) is 3.14. The number of nitrogens with one attached hydrogen (secondary N) is 1. The lowest BCUT2D eigenvalue weighted by Crippen LogP contribution is -2.48. The number of likely N-dealkylation sites (tertiary alicyclic amines) is 1. The molecular formula is C17H26N2O4. The second-order valence-electron chi connectivity index (χ2n) is 6.36. The fourth-order valence-electron chi connectivity index (χ4n) is 3.56. The number of hydrogen-bond acceptors (Lipinski definition) is 5. The second kappa shape index (κ2) is 7.47. The van der Waals surface area contributed by atoms with Crippen molar-refractivity contribution in [1.82, 2.24) is 10.2 Å². The van der Waals surface area contributed by atoms with Gasteiger partial charge in [-0.25, -0.2) is 0 Å². The highest BCUT2D eigenvalue weighted by atomic mass is 16.5. The number of hydrogen-bond donors (Lipinski definition) is 1. The molecule has 2 saturated heterocycles. The Morgan fingerprint density at radius 3 is 3.00 bits per heavy atom. The molecule has 3 rings (SSSR count). The van der Waals surface area contributed by atoms with E-state index in [1.165, 1.54) is 0 Å². The monoisotopic (exact) mass is 322 g/mol. The van der Waals surface area contributed by atoms with Gasteiger partial charge in [0, 0.05) is 26.2 Å². The predicted octanol–water partition coefficient (Wildman–Crippen LogP) is 1.47. The van der Waals surface area contributed by atoms with Crippen LogP contribution in [0.2, 0.25) is 0 Å². The number of furan rings is 1. The van der Waals surface area contributed by atoms with E-state index in [9.17, 15) is 4.79 Å². The first-order valence-electron chi connectivity index (χ1n) is 8.39. The maximum Gasteiger partial charge on any atom is 0.249 e. The summed E-state index contributed by atoms with van der Waals surface area (Å²) in [5.41, 5.74) is 0. The van der Waals surface area contributed by atoms with Crippen LogP contribution < -0.4 is 5.32 Å². The number of ether oxygens (including phenoxy) is 2. The van der Waals surface area contributed by atoms with Crippen LogP contribution in [0.4, 0.5) is 0 Å². The van der Waals surface area contributed by atoms with Gasteiger partial charge >= 0.3 is 0 Å². The number of methoxy groups -OCH3 is 1. The maximum atomic E-state index is 12.1. The summed E-state index contributed by atoms with van der Waals surface area (Å²) in [6.45, 7) is 4.84. The minimum atomic E-state index is -0.320. The summed E-state index contributed by atoms with van der Waals surface area (Å²) >= 11 is 0. The number of fused-ring (bicyclic) bond motifs is 1. The highest BCUT2D eigenvalue weighted by Gasteiger charge is 2.41. The molecule has 1 N–H and O–H groups in total. The first-order chi connectivity index (χ1) is 11.2. The third-order valence-electron chi connectivity index (χ3n) is 4.72. The van der Waals surface area contributed by atoms with Crippen LogP contribution in [0.3, 0.4) is 0 Å². The minimum absolute atomic E-state index is 0.0133. The zero-order valence-corrected chi connectivity index (χ0v) is 13.9. The molecule has 0 radical (unpaired) electrons. The van der Waals surface area contributed by atoms with Crippen LogP contribution in [-0.4, -0.2) is 55.9 Å². The number of aryl methyl sites for hydroxylation is 1. The maximum absolute atomic E-state index is 12.1. The van der Waals surface area contributed by atoms with Gasteiger partial charge in [0.1, 0.15) is 17.6 Å². The zero-order chi connectivity index (χ0) is 16.2. The standard InChI is InChI=1S/C17H26N2O4/c1-12-3-4-13(22-12)11-19-9-7-15-14(19)5-6-16(23-15)17(20)18-8-10-21-2/h3-4,14-16H,5-11H2,1-2H3,(H,18,20)/t14-,15-,16-/m0/s1. The fraction of sp³-hybridized carbons (Fsp3) is 0.706. The van der Waals surface area contributed by atoms with Gasteiger partial charge in [0.25, 0.3) is 0 Å². The summed E-state index contributed by atoms with van der Waals surface area (Å²) in [6.07, 6.45) is 2.57. The van der Waals surface area contributed by atoms with Gasteiger partial charge in [-0.3, -0.25) is 9.69 Å². The van der Waals surface area contributed by atoms with E-state index in [-0.39, 0.29) is 18.1 Å². The second-order valence-corrected chi connectivity index (χ2v) is 6.36. The molecule has 0 aliphatic carbocycles. The van der Waals surface area contributed by atoms with Crippen LogP contribution in [-0.2, 0) is 20.8 Å². The molecule has 2 aliphatic heterocycles. The number of carbonyl (C=O) groups excluding carboxylic acids is 1. The van der Waals surface area contributed by atoms with E-state index < -0.39 is 0 Å². The lowest BCUT2D eigenvalue weighted by Gasteiger charge is -2.35. The number of rotatable bonds is 6. The van der Waals surface area contributed by atoms with Crippen LogP contribution in [0, 0.1) is 6.92 Å². The normalized spacial score (nSPS) is 27.8. The molecule has 6 nitrogen and oxygen atoms in total. The average molecular weight is 322 g/mol. The Labute approximate surface area is 137 Å². The van der Waals surface area contributed by atoms with E-state index in [0.717, 1.165) is 43.9 Å². The third-order valence-corrected chi connectivity index (χ3v) is 4.72. The summed E-state index contributed by atoms with van der Waals surface area (Å²) in [7, 11) is 1.63. The van der Waals surface area contributed by atoms with Gasteiger partial charge in [0.15, 0.2) is 0 Å². The summed E-state index contributed by atoms with van der Waals surface area (Å²) in [5, 5.41) is 2.87. The summed E-state index contributed by atoms with van der Waals surface area (Å²) < 4.78 is 16.7. The molecule has 6 heteroatoms. The van der Waals surface area contributed by atoms with E-state index in [4.69, 9.17) is 13.9 Å². The van der Waals surface area contributed by atoms with E-state index in [2.05, 4.69) is 10.2 Å². The highest BCUT2D eigenvalue weighted by Crippen LogP contribution is 2.32. The van der Waals surface area contributed by atoms with Crippen LogP contribution in [0.25, 0.3) is 0 Å². The first-order valence-corrected chi connectivity index (χ1v) is 8.39. The fourth-order valence-corrected chi connectivity index (χ4v) is 3.56. The van der Waals surface area contributed by atoms with Crippen LogP contribution >= 0.6 is 0 Å². The summed E-state index contributed by atoms with van der Waals surface area (Å²) in [4.78, 5) is 14.5. The van der Waals surface area contributed by atoms with E-state index in [1.54, 1.807) is 7.11 Å². The van der Waals surface area contributed by atoms with Gasteiger partial charge < -0.3 is 19.2 Å². The van der Waals surface area contributed by atoms with Crippen LogP contribution in [0.5, 0.6) is 0 Å². The first kappa shape index (κ1) is 16.5. The smallest absolute Gasteiger partial charge is 0.249 e. The van der Waals surface area contributed by atoms with E-state index in [1.807, 2.05) is 19.1 Å². The number of carbonyl (C=O) groups is 1. The lowest BCUT2D eigenvalue weighted by atomic mass is 9.98. The molecule has 1 aromatic rings. The third kappa shape index (κ3) is 3.94. The lowest BCUT2D eigenvalue weighted by molar-refractivity contribution is -0.144. The van der Waals surface area contributed by atoms with E-state index in [0.29, 0.717) is 19.2 Å². The molecule has 0 saturated carbocycles. The molecule has 3 heterocycles. The van der Waals surface area contributed by atoms with Gasteiger partial charge in [0.2, 0.25) is 5.91 Å². The topological polar surface area (TPSA) is 63.9 Å². The van der Waals surface area contributed by atoms with Gasteiger partial charge in [0.05, 0.1) is 19.3 Å². The van der Waals surface area contributed by atoms with Gasteiger partial charge in [-0.1, -0.05) is 0 Å². The minimum Gasteiger partial charge on any atom is -0.465 e. The number of amides is 1. The SMILES string of the molecule is COCCNC(=O)[C@@H]1CC[C@H]2[C@H](CCN2Cc2ccc(C)o2)O1. The molecular weight excluding hydrogens is 296 g/mol. The van der Waals surface area contributed by atoms with Crippen molar-refractivity contribution in [2.45, 2.75) is 51.0 Å². The zero-order valence-electron chi connectivity index (χ0n) is 13.9. The van der Waals surface area contributed by atoms with Crippen molar-refractivity contribution >= 4 is 5.91 Å². The Balaban J connectivity index is 1.50. The molecule has 0 spiro atoms. The van der Waals surface area contributed by atoms with Crippen molar-refractivity contribution in [1.29, 1.82) is 0 Å². The molecule has 128 valence electrons. The molecule has 1 amide bonds. The summed E-state index contributed by atoms with van der Waals surface area (Å²) in [5.74, 6) is 1.94. The van der Waals surface area contributed by atoms with Crippen molar-refractivity contribution in [2.24, 2.45) is 0 Å². The molecule has 2 aliphatic rings. The Morgan fingerprint density at radius 2 is 2.26 bits per heavy atom. The van der Waals surface area contributed by atoms with E-state index >= 15 is 0 Å². The summed E-state index contributed by atoms with van der Waals surface area (Å²) in [6, 6.07) is 4.43. The molecule has 2 fully saturated rings. The molecule has 0 aromatic carbocycles. The van der Waals surface area contributed by atoms with Gasteiger partial charge in [-0.05, 0) is 38.3 Å². The molecule has 23 heavy (non-hydrogen) atoms. The van der Waals surface area contributed by atoms with Crippen LogP contribution in [0.1, 0.15) is 30.8 Å². The largest absolute Gasteiger partial charge is 0.465 e. The van der Waals surface area contributed by atoms with Crippen molar-refractivity contribution in [3.8, 4) is 0 Å². The predicted molar refractivity (Wildman–Crippen MR) is 85.0 cm³/mol. The van der Waals surface area contributed by atoms with Gasteiger partial charge in [-0.2, -0.15) is 0 Å². The van der Waals surface area contributed by atoms with Gasteiger partial charge in [-0.15, -0.1) is 0 Å². The Morgan fingerprint density at radius 1 is 1.39 bits per heavy atom. The molecule has 0 unspecified atom stereocenters. The van der Waals surface area contributed by atoms with Crippen molar-refractivity contribution < 1.29 is 18.7 Å². The quantitative estimate of drug-likeness (QED) is 0.804. The molecule has 3 atom stereocenters. The highest BCUT2D eigenvalue weighted by molar-refractivity contribution is 5.80. The van der Waals surface area contributed by atoms with Crippen LogP contribution in [0.15, 0.2) is 16.5 Å². The number of nitrogens with zero attached hydrogens (tertiary/aromatic N) is 1. The van der Waals surface area contributed by atoms with Crippen molar-refractivity contribution in [3.63, 3.8) is 0 Å². The Bertz CT molecular complexity index is 530. The van der Waals surface area contributed by atoms with Crippen molar-refractivity contribution in [2.75, 3.05) is 26.8 Å².